The van der Waals surface area contributed by atoms with E-state index >= 15 is 0 Å². The maximum absolute atomic E-state index is 14.8. The third kappa shape index (κ3) is 17.7. The molecule has 15 heteroatoms. The molecule has 63 heavy (non-hydrogen) atoms. The first-order valence-corrected chi connectivity index (χ1v) is 23.7. The molecule has 358 valence electrons. The van der Waals surface area contributed by atoms with E-state index in [2.05, 4.69) is 22.9 Å². The van der Waals surface area contributed by atoms with E-state index < -0.39 is 89.2 Å². The molecule has 8 atom stereocenters. The van der Waals surface area contributed by atoms with Crippen LogP contribution in [0, 0.1) is 40.4 Å². The number of carbonyl (C=O) groups excluding carboxylic acids is 7. The standard InChI is InChI=1S/C48H83N7O8/c1-14-15-20-32(6)27-36-44(59)53(11)33(7)47(62)63-40(23-19-24-49)43(58)52-37(29-48(8,9)10)46(61)54(12)38(26-31(4)5)41(56)50-35(25-30(2)3)45(60)55(13)39(42(57)51-36)28-34-21-17-16-18-22-34/h30-40H,14-23,25-29H2,1-13H3,(H,50,56)(H,51,57)(H,52,58)/t32-,33+,35+,36+,37+,38+,39+,40-/m1/s1. The number of rotatable bonds is 14. The lowest BCUT2D eigenvalue weighted by Gasteiger charge is -2.37. The third-order valence-corrected chi connectivity index (χ3v) is 12.6. The fraction of sp³-hybridized carbons (Fsp3) is 0.833. The van der Waals surface area contributed by atoms with Crippen LogP contribution >= 0.6 is 0 Å². The molecular weight excluding hydrogens is 803 g/mol. The van der Waals surface area contributed by atoms with Gasteiger partial charge >= 0.3 is 5.97 Å². The number of carbonyl (C=O) groups is 7. The number of hydrogen-bond acceptors (Lipinski definition) is 9. The second kappa shape index (κ2) is 25.9. The lowest BCUT2D eigenvalue weighted by molar-refractivity contribution is -0.163. The minimum absolute atomic E-state index is 0.0193. The van der Waals surface area contributed by atoms with Crippen molar-refractivity contribution in [2.24, 2.45) is 29.1 Å². The highest BCUT2D eigenvalue weighted by Crippen LogP contribution is 2.30. The van der Waals surface area contributed by atoms with Gasteiger partial charge in [-0.25, -0.2) is 4.79 Å². The molecule has 1 heterocycles. The Labute approximate surface area is 378 Å². The van der Waals surface area contributed by atoms with Crippen LogP contribution < -0.4 is 16.0 Å². The SMILES string of the molecule is CCCC[C@@H](C)C[C@@H]1NC(=O)[C@H](CC2CCCCC2)N(C)C(=O)[C@H](CC(C)C)NC(=O)[C@H](CC(C)C)N(C)C(=O)[C@H](CC(C)(C)C)NC(=O)[C@@H](CCC#N)OC(=O)[C@H](C)N(C)C1=O. The third-order valence-electron chi connectivity index (χ3n) is 12.6. The van der Waals surface area contributed by atoms with Crippen molar-refractivity contribution in [2.45, 2.75) is 208 Å². The molecule has 1 aliphatic carbocycles. The van der Waals surface area contributed by atoms with Gasteiger partial charge in [0.1, 0.15) is 36.3 Å². The number of unbranched alkanes of at least 4 members (excludes halogenated alkanes) is 1. The van der Waals surface area contributed by atoms with Gasteiger partial charge in [0.2, 0.25) is 29.5 Å². The Balaban J connectivity index is 2.87. The molecule has 1 saturated heterocycles. The Morgan fingerprint density at radius 3 is 1.76 bits per heavy atom. The second-order valence-electron chi connectivity index (χ2n) is 20.6. The zero-order valence-corrected chi connectivity index (χ0v) is 41.0. The lowest BCUT2D eigenvalue weighted by atomic mass is 9.84. The first-order valence-electron chi connectivity index (χ1n) is 23.7. The van der Waals surface area contributed by atoms with Gasteiger partial charge in [0.05, 0.1) is 6.07 Å². The average Bonchev–Trinajstić information content (AvgIpc) is 3.21. The summed E-state index contributed by atoms with van der Waals surface area (Å²) in [5, 5.41) is 18.3. The van der Waals surface area contributed by atoms with Gasteiger partial charge in [0, 0.05) is 34.0 Å². The van der Waals surface area contributed by atoms with Crippen molar-refractivity contribution in [3.63, 3.8) is 0 Å². The van der Waals surface area contributed by atoms with Crippen LogP contribution in [0.2, 0.25) is 0 Å². The van der Waals surface area contributed by atoms with Crippen LogP contribution in [-0.2, 0) is 38.3 Å². The minimum atomic E-state index is -1.48. The molecule has 2 fully saturated rings. The molecular formula is C48H83N7O8. The van der Waals surface area contributed by atoms with E-state index in [1.165, 1.54) is 35.7 Å². The number of cyclic esters (lactones) is 1. The van der Waals surface area contributed by atoms with Crippen LogP contribution in [0.3, 0.4) is 0 Å². The van der Waals surface area contributed by atoms with E-state index in [1.807, 2.05) is 61.5 Å². The molecule has 0 spiro atoms. The number of nitrogens with one attached hydrogen (secondary N) is 3. The molecule has 1 aliphatic heterocycles. The van der Waals surface area contributed by atoms with E-state index in [4.69, 9.17) is 4.74 Å². The average molecular weight is 886 g/mol. The summed E-state index contributed by atoms with van der Waals surface area (Å²) in [6, 6.07) is -4.48. The number of likely N-dealkylation sites (N-methyl/N-ethyl adjacent to an activating group) is 3. The number of esters is 1. The van der Waals surface area contributed by atoms with E-state index in [9.17, 15) is 38.8 Å². The summed E-state index contributed by atoms with van der Waals surface area (Å²) in [4.78, 5) is 105. The zero-order chi connectivity index (χ0) is 47.8. The topological polar surface area (TPSA) is 198 Å². The number of ether oxygens (including phenoxy) is 1. The van der Waals surface area contributed by atoms with Gasteiger partial charge in [-0.3, -0.25) is 28.8 Å². The van der Waals surface area contributed by atoms with Crippen molar-refractivity contribution in [1.29, 1.82) is 5.26 Å². The van der Waals surface area contributed by atoms with Crippen LogP contribution in [0.15, 0.2) is 0 Å². The molecule has 1 saturated carbocycles. The van der Waals surface area contributed by atoms with Gasteiger partial charge in [0.15, 0.2) is 6.10 Å². The van der Waals surface area contributed by atoms with E-state index in [1.54, 1.807) is 7.05 Å². The zero-order valence-electron chi connectivity index (χ0n) is 41.0. The highest BCUT2D eigenvalue weighted by Gasteiger charge is 2.41. The maximum atomic E-state index is 14.8. The van der Waals surface area contributed by atoms with Crippen molar-refractivity contribution in [3.8, 4) is 6.07 Å². The van der Waals surface area contributed by atoms with Crippen LogP contribution in [0.4, 0.5) is 0 Å². The lowest BCUT2D eigenvalue weighted by Crippen LogP contribution is -2.60. The van der Waals surface area contributed by atoms with Crippen molar-refractivity contribution in [1.82, 2.24) is 30.7 Å². The first kappa shape index (κ1) is 54.9. The van der Waals surface area contributed by atoms with E-state index in [0.29, 0.717) is 6.42 Å². The summed E-state index contributed by atoms with van der Waals surface area (Å²) in [6.45, 7) is 19.0. The summed E-state index contributed by atoms with van der Waals surface area (Å²) in [5.41, 5.74) is -0.490. The van der Waals surface area contributed by atoms with Crippen molar-refractivity contribution in [2.75, 3.05) is 21.1 Å². The van der Waals surface area contributed by atoms with Gasteiger partial charge in [-0.05, 0) is 68.1 Å². The molecule has 0 bridgehead atoms. The molecule has 0 unspecified atom stereocenters. The molecule has 3 N–H and O–H groups in total. The fourth-order valence-corrected chi connectivity index (χ4v) is 8.74. The fourth-order valence-electron chi connectivity index (χ4n) is 8.74. The van der Waals surface area contributed by atoms with Gasteiger partial charge in [0.25, 0.3) is 5.91 Å². The summed E-state index contributed by atoms with van der Waals surface area (Å²) in [5.74, 6) is -4.20. The Hall–Kier alpha value is -4.22. The number of nitriles is 1. The quantitative estimate of drug-likeness (QED) is 0.178. The number of hydrogen-bond donors (Lipinski definition) is 3. The van der Waals surface area contributed by atoms with Gasteiger partial charge < -0.3 is 35.4 Å². The van der Waals surface area contributed by atoms with Crippen molar-refractivity contribution in [3.05, 3.63) is 0 Å². The highest BCUT2D eigenvalue weighted by atomic mass is 16.5. The molecule has 0 aromatic rings. The Morgan fingerprint density at radius 2 is 1.22 bits per heavy atom. The highest BCUT2D eigenvalue weighted by molar-refractivity contribution is 5.97. The predicted octanol–water partition coefficient (Wildman–Crippen LogP) is 5.89. The van der Waals surface area contributed by atoms with E-state index in [-0.39, 0.29) is 62.2 Å². The molecule has 0 aromatic carbocycles. The molecule has 2 aliphatic rings. The smallest absolute Gasteiger partial charge is 0.329 e. The van der Waals surface area contributed by atoms with Gasteiger partial charge in [-0.2, -0.15) is 5.26 Å². The Kier molecular flexibility index (Phi) is 22.6. The summed E-state index contributed by atoms with van der Waals surface area (Å²) in [7, 11) is 4.53. The van der Waals surface area contributed by atoms with Crippen molar-refractivity contribution >= 4 is 41.4 Å². The van der Waals surface area contributed by atoms with Crippen molar-refractivity contribution < 1.29 is 38.3 Å². The molecule has 0 radical (unpaired) electrons. The predicted molar refractivity (Wildman–Crippen MR) is 243 cm³/mol. The molecule has 2 rings (SSSR count). The largest absolute Gasteiger partial charge is 0.451 e. The van der Waals surface area contributed by atoms with E-state index in [0.717, 1.165) is 51.4 Å². The normalized spacial score (nSPS) is 26.8. The van der Waals surface area contributed by atoms with Gasteiger partial charge in [-0.1, -0.05) is 114 Å². The monoisotopic (exact) mass is 886 g/mol. The number of amides is 6. The Morgan fingerprint density at radius 1 is 0.714 bits per heavy atom. The molecule has 15 nitrogen and oxygen atoms in total. The summed E-state index contributed by atoms with van der Waals surface area (Å²) >= 11 is 0. The molecule has 0 aromatic heterocycles. The first-order chi connectivity index (χ1) is 29.4. The van der Waals surface area contributed by atoms with Crippen LogP contribution in [-0.4, -0.2) is 120 Å². The van der Waals surface area contributed by atoms with Crippen LogP contribution in [0.5, 0.6) is 0 Å². The summed E-state index contributed by atoms with van der Waals surface area (Å²) in [6.07, 6.45) is 7.11. The van der Waals surface area contributed by atoms with Gasteiger partial charge in [-0.15, -0.1) is 0 Å². The Bertz CT molecular complexity index is 1580. The molecule has 6 amide bonds. The maximum Gasteiger partial charge on any atom is 0.329 e. The minimum Gasteiger partial charge on any atom is -0.451 e. The summed E-state index contributed by atoms with van der Waals surface area (Å²) < 4.78 is 5.77. The second-order valence-corrected chi connectivity index (χ2v) is 20.6. The van der Waals surface area contributed by atoms with Crippen LogP contribution in [0.25, 0.3) is 0 Å². The number of nitrogens with zero attached hydrogens (tertiary/aromatic N) is 4. The van der Waals surface area contributed by atoms with Crippen LogP contribution in [0.1, 0.15) is 166 Å².